The fourth-order valence-electron chi connectivity index (χ4n) is 1.79. The summed E-state index contributed by atoms with van der Waals surface area (Å²) in [6.45, 7) is 4.45. The maximum atomic E-state index is 11.0. The van der Waals surface area contributed by atoms with Gasteiger partial charge in [-0.05, 0) is 37.6 Å². The molecule has 2 aromatic rings. The van der Waals surface area contributed by atoms with Crippen molar-refractivity contribution in [1.29, 1.82) is 0 Å². The fourth-order valence-corrected chi connectivity index (χ4v) is 1.79. The Morgan fingerprint density at radius 1 is 1.50 bits per heavy atom. The van der Waals surface area contributed by atoms with E-state index in [1.807, 2.05) is 32.0 Å². The van der Waals surface area contributed by atoms with Gasteiger partial charge in [0.05, 0.1) is 18.5 Å². The number of aryl methyl sites for hydroxylation is 1. The number of rotatable bonds is 4. The summed E-state index contributed by atoms with van der Waals surface area (Å²) in [5.74, 6) is -0.192. The molecule has 1 aromatic carbocycles. The number of ether oxygens (including phenoxy) is 1. The molecule has 0 saturated heterocycles. The van der Waals surface area contributed by atoms with Gasteiger partial charge in [0, 0.05) is 5.56 Å². The van der Waals surface area contributed by atoms with E-state index < -0.39 is 5.97 Å². The highest BCUT2D eigenvalue weighted by Crippen LogP contribution is 2.27. The highest BCUT2D eigenvalue weighted by Gasteiger charge is 2.14. The Morgan fingerprint density at radius 3 is 2.89 bits per heavy atom. The van der Waals surface area contributed by atoms with E-state index in [9.17, 15) is 4.79 Å². The second kappa shape index (κ2) is 4.91. The molecular formula is C13H14N2O3. The van der Waals surface area contributed by atoms with Crippen LogP contribution in [0, 0.1) is 6.92 Å². The molecule has 0 bridgehead atoms. The van der Waals surface area contributed by atoms with Crippen LogP contribution in [0.15, 0.2) is 24.4 Å². The molecule has 0 atom stereocenters. The minimum atomic E-state index is -0.995. The molecule has 18 heavy (non-hydrogen) atoms. The van der Waals surface area contributed by atoms with E-state index in [1.165, 1.54) is 6.20 Å². The first-order valence-corrected chi connectivity index (χ1v) is 5.64. The van der Waals surface area contributed by atoms with Gasteiger partial charge < -0.3 is 9.84 Å². The molecule has 0 aliphatic rings. The Hall–Kier alpha value is -2.30. The normalized spacial score (nSPS) is 10.3. The smallest absolute Gasteiger partial charge is 0.339 e. The average molecular weight is 246 g/mol. The number of carbonyl (C=O) groups is 1. The summed E-state index contributed by atoms with van der Waals surface area (Å²) >= 11 is 0. The second-order valence-corrected chi connectivity index (χ2v) is 3.88. The largest absolute Gasteiger partial charge is 0.494 e. The number of benzene rings is 1. The molecular weight excluding hydrogens is 232 g/mol. The predicted molar refractivity (Wildman–Crippen MR) is 66.9 cm³/mol. The Bertz CT molecular complexity index is 575. The Labute approximate surface area is 104 Å². The molecule has 0 spiro atoms. The van der Waals surface area contributed by atoms with Crippen LogP contribution in [0.4, 0.5) is 0 Å². The van der Waals surface area contributed by atoms with Gasteiger partial charge in [-0.25, -0.2) is 4.79 Å². The van der Waals surface area contributed by atoms with Crippen LogP contribution >= 0.6 is 0 Å². The molecule has 2 rings (SSSR count). The van der Waals surface area contributed by atoms with E-state index in [0.29, 0.717) is 12.3 Å². The summed E-state index contributed by atoms with van der Waals surface area (Å²) in [5, 5.41) is 15.5. The van der Waals surface area contributed by atoms with Crippen LogP contribution < -0.4 is 4.74 Å². The molecule has 0 fully saturated rings. The first kappa shape index (κ1) is 12.2. The van der Waals surface area contributed by atoms with Crippen molar-refractivity contribution in [3.8, 4) is 17.0 Å². The minimum Gasteiger partial charge on any atom is -0.494 e. The molecule has 0 radical (unpaired) electrons. The lowest BCUT2D eigenvalue weighted by atomic mass is 10.1. The van der Waals surface area contributed by atoms with Crippen LogP contribution in [-0.2, 0) is 0 Å². The Balaban J connectivity index is 2.42. The van der Waals surface area contributed by atoms with Gasteiger partial charge >= 0.3 is 5.97 Å². The number of aromatic nitrogens is 2. The quantitative estimate of drug-likeness (QED) is 0.869. The molecule has 94 valence electrons. The lowest BCUT2D eigenvalue weighted by molar-refractivity contribution is 0.0698. The van der Waals surface area contributed by atoms with Crippen molar-refractivity contribution in [3.05, 3.63) is 35.5 Å². The van der Waals surface area contributed by atoms with Gasteiger partial charge in [-0.15, -0.1) is 0 Å². The van der Waals surface area contributed by atoms with Gasteiger partial charge in [0.1, 0.15) is 11.3 Å². The monoisotopic (exact) mass is 246 g/mol. The third-order valence-corrected chi connectivity index (χ3v) is 2.63. The zero-order valence-electron chi connectivity index (χ0n) is 10.2. The Kier molecular flexibility index (Phi) is 3.32. The molecule has 0 saturated carbocycles. The number of carboxylic acid groups (broad SMARTS) is 1. The molecule has 1 aromatic heterocycles. The highest BCUT2D eigenvalue weighted by molar-refractivity contribution is 5.94. The number of aromatic amines is 1. The number of aromatic carboxylic acids is 1. The molecule has 2 N–H and O–H groups in total. The van der Waals surface area contributed by atoms with Gasteiger partial charge in [0.2, 0.25) is 0 Å². The van der Waals surface area contributed by atoms with Crippen LogP contribution in [0.2, 0.25) is 0 Å². The highest BCUT2D eigenvalue weighted by atomic mass is 16.5. The van der Waals surface area contributed by atoms with Crippen LogP contribution in [0.25, 0.3) is 11.3 Å². The minimum absolute atomic E-state index is 0.165. The van der Waals surface area contributed by atoms with E-state index in [1.54, 1.807) is 0 Å². The first-order chi connectivity index (χ1) is 8.63. The second-order valence-electron chi connectivity index (χ2n) is 3.88. The standard InChI is InChI=1S/C13H14N2O3/c1-3-18-11-5-4-9(6-8(11)2)12-10(13(16)17)7-14-15-12/h4-7H,3H2,1-2H3,(H,14,15)(H,16,17). The summed E-state index contributed by atoms with van der Waals surface area (Å²) in [4.78, 5) is 11.0. The van der Waals surface area contributed by atoms with Crippen molar-refractivity contribution >= 4 is 5.97 Å². The Morgan fingerprint density at radius 2 is 2.28 bits per heavy atom. The van der Waals surface area contributed by atoms with Crippen LogP contribution in [-0.4, -0.2) is 27.9 Å². The third-order valence-electron chi connectivity index (χ3n) is 2.63. The van der Waals surface area contributed by atoms with Gasteiger partial charge in [-0.3, -0.25) is 5.10 Å². The summed E-state index contributed by atoms with van der Waals surface area (Å²) in [7, 11) is 0. The summed E-state index contributed by atoms with van der Waals surface area (Å²) in [6.07, 6.45) is 1.31. The average Bonchev–Trinajstić information content (AvgIpc) is 2.81. The molecule has 0 unspecified atom stereocenters. The van der Waals surface area contributed by atoms with Crippen LogP contribution in [0.3, 0.4) is 0 Å². The van der Waals surface area contributed by atoms with E-state index in [2.05, 4.69) is 10.2 Å². The lowest BCUT2D eigenvalue weighted by Crippen LogP contribution is -1.98. The molecule has 5 nitrogen and oxygen atoms in total. The predicted octanol–water partition coefficient (Wildman–Crippen LogP) is 2.48. The van der Waals surface area contributed by atoms with E-state index in [4.69, 9.17) is 9.84 Å². The zero-order chi connectivity index (χ0) is 13.1. The lowest BCUT2D eigenvalue weighted by Gasteiger charge is -2.08. The van der Waals surface area contributed by atoms with Gasteiger partial charge in [0.25, 0.3) is 0 Å². The van der Waals surface area contributed by atoms with Crippen LogP contribution in [0.5, 0.6) is 5.75 Å². The topological polar surface area (TPSA) is 75.2 Å². The van der Waals surface area contributed by atoms with Gasteiger partial charge in [-0.2, -0.15) is 5.10 Å². The summed E-state index contributed by atoms with van der Waals surface area (Å²) < 4.78 is 5.44. The van der Waals surface area contributed by atoms with Gasteiger partial charge in [-0.1, -0.05) is 0 Å². The third kappa shape index (κ3) is 2.20. The van der Waals surface area contributed by atoms with E-state index >= 15 is 0 Å². The molecule has 0 aliphatic heterocycles. The van der Waals surface area contributed by atoms with Crippen molar-refractivity contribution in [2.24, 2.45) is 0 Å². The first-order valence-electron chi connectivity index (χ1n) is 5.64. The van der Waals surface area contributed by atoms with Crippen LogP contribution in [0.1, 0.15) is 22.8 Å². The van der Waals surface area contributed by atoms with Gasteiger partial charge in [0.15, 0.2) is 0 Å². The van der Waals surface area contributed by atoms with Crippen molar-refractivity contribution in [3.63, 3.8) is 0 Å². The van der Waals surface area contributed by atoms with Crippen molar-refractivity contribution in [1.82, 2.24) is 10.2 Å². The number of hydrogen-bond acceptors (Lipinski definition) is 3. The number of hydrogen-bond donors (Lipinski definition) is 2. The molecule has 0 amide bonds. The molecule has 1 heterocycles. The van der Waals surface area contributed by atoms with Crippen molar-refractivity contribution in [2.75, 3.05) is 6.61 Å². The SMILES string of the molecule is CCOc1ccc(-c2[nH]ncc2C(=O)O)cc1C. The number of carboxylic acids is 1. The maximum Gasteiger partial charge on any atom is 0.339 e. The van der Waals surface area contributed by atoms with Crippen molar-refractivity contribution < 1.29 is 14.6 Å². The van der Waals surface area contributed by atoms with Crippen molar-refractivity contribution in [2.45, 2.75) is 13.8 Å². The number of nitrogens with zero attached hydrogens (tertiary/aromatic N) is 1. The zero-order valence-corrected chi connectivity index (χ0v) is 10.2. The van der Waals surface area contributed by atoms with E-state index in [-0.39, 0.29) is 5.56 Å². The molecule has 5 heteroatoms. The fraction of sp³-hybridized carbons (Fsp3) is 0.231. The summed E-state index contributed by atoms with van der Waals surface area (Å²) in [6, 6.07) is 5.53. The van der Waals surface area contributed by atoms with E-state index in [0.717, 1.165) is 16.9 Å². The molecule has 0 aliphatic carbocycles. The maximum absolute atomic E-state index is 11.0. The number of nitrogens with one attached hydrogen (secondary N) is 1. The number of H-pyrrole nitrogens is 1. The summed E-state index contributed by atoms with van der Waals surface area (Å²) in [5.41, 5.74) is 2.42.